The molecule has 4 heteroatoms. The van der Waals surface area contributed by atoms with Crippen molar-refractivity contribution < 1.29 is 0 Å². The summed E-state index contributed by atoms with van der Waals surface area (Å²) < 4.78 is 2.62. The van der Waals surface area contributed by atoms with Crippen LogP contribution in [-0.4, -0.2) is 15.0 Å². The second kappa shape index (κ2) is 11.7. The van der Waals surface area contributed by atoms with Crippen molar-refractivity contribution in [3.05, 3.63) is 176 Å². The SMILES string of the molecule is c1ccc2c(c1)-c1cccc3c1c-2cc1sc2cccc(-c4ccc(-c5nc(-c6cccc7ccccc67)nc(-c6cccc7ccccc67)n5)cc4)c2c13. The fraction of sp³-hybridized carbons (Fsp3) is 0. The van der Waals surface area contributed by atoms with Crippen LogP contribution < -0.4 is 0 Å². The first-order chi connectivity index (χ1) is 27.3. The van der Waals surface area contributed by atoms with Gasteiger partial charge in [-0.2, -0.15) is 0 Å². The van der Waals surface area contributed by atoms with E-state index in [1.165, 1.54) is 58.8 Å². The number of benzene rings is 9. The molecule has 0 bridgehead atoms. The predicted octanol–water partition coefficient (Wildman–Crippen LogP) is 14.0. The van der Waals surface area contributed by atoms with E-state index in [0.717, 1.165) is 43.8 Å². The number of thiophene rings is 1. The Morgan fingerprint density at radius 3 is 1.49 bits per heavy atom. The summed E-state index contributed by atoms with van der Waals surface area (Å²) in [4.78, 5) is 15.5. The van der Waals surface area contributed by atoms with Gasteiger partial charge in [-0.1, -0.05) is 164 Å². The first-order valence-corrected chi connectivity index (χ1v) is 19.4. The van der Waals surface area contributed by atoms with E-state index in [-0.39, 0.29) is 0 Å². The average Bonchev–Trinajstić information content (AvgIpc) is 3.80. The minimum absolute atomic E-state index is 0.649. The molecule has 0 saturated heterocycles. The van der Waals surface area contributed by atoms with E-state index >= 15 is 0 Å². The summed E-state index contributed by atoms with van der Waals surface area (Å²) >= 11 is 1.89. The zero-order valence-corrected chi connectivity index (χ0v) is 30.3. The number of nitrogens with zero attached hydrogens (tertiary/aromatic N) is 3. The van der Waals surface area contributed by atoms with Crippen LogP contribution in [0.3, 0.4) is 0 Å². The van der Waals surface area contributed by atoms with Gasteiger partial charge in [0.1, 0.15) is 0 Å². The molecule has 254 valence electrons. The van der Waals surface area contributed by atoms with Crippen LogP contribution in [0.5, 0.6) is 0 Å². The van der Waals surface area contributed by atoms with Gasteiger partial charge >= 0.3 is 0 Å². The molecule has 12 rings (SSSR count). The highest BCUT2D eigenvalue weighted by atomic mass is 32.1. The highest BCUT2D eigenvalue weighted by molar-refractivity contribution is 7.26. The lowest BCUT2D eigenvalue weighted by atomic mass is 9.94. The molecule has 0 amide bonds. The molecule has 1 aliphatic carbocycles. The molecule has 2 heterocycles. The lowest BCUT2D eigenvalue weighted by molar-refractivity contribution is 1.08. The van der Waals surface area contributed by atoms with Crippen LogP contribution in [0.2, 0.25) is 0 Å². The topological polar surface area (TPSA) is 38.7 Å². The van der Waals surface area contributed by atoms with Crippen LogP contribution in [0.1, 0.15) is 0 Å². The van der Waals surface area contributed by atoms with Gasteiger partial charge in [-0.05, 0) is 77.8 Å². The molecule has 3 nitrogen and oxygen atoms in total. The maximum atomic E-state index is 5.17. The third-order valence-corrected chi connectivity index (χ3v) is 12.4. The third-order valence-electron chi connectivity index (χ3n) is 11.3. The van der Waals surface area contributed by atoms with Crippen LogP contribution >= 0.6 is 11.3 Å². The largest absolute Gasteiger partial charge is 0.208 e. The minimum Gasteiger partial charge on any atom is -0.208 e. The first-order valence-electron chi connectivity index (χ1n) is 18.6. The number of fused-ring (bicyclic) bond motifs is 9. The zero-order valence-electron chi connectivity index (χ0n) is 29.5. The third kappa shape index (κ3) is 4.59. The van der Waals surface area contributed by atoms with E-state index in [4.69, 9.17) is 15.0 Å². The van der Waals surface area contributed by atoms with E-state index in [9.17, 15) is 0 Å². The molecule has 0 saturated carbocycles. The highest BCUT2D eigenvalue weighted by Gasteiger charge is 2.24. The molecular formula is C51H29N3S. The van der Waals surface area contributed by atoms with Gasteiger partial charge in [-0.15, -0.1) is 11.3 Å². The maximum absolute atomic E-state index is 5.17. The quantitative estimate of drug-likeness (QED) is 0.182. The van der Waals surface area contributed by atoms with Crippen LogP contribution in [0, 0.1) is 0 Å². The van der Waals surface area contributed by atoms with Crippen LogP contribution in [0.4, 0.5) is 0 Å². The highest BCUT2D eigenvalue weighted by Crippen LogP contribution is 2.52. The maximum Gasteiger partial charge on any atom is 0.164 e. The van der Waals surface area contributed by atoms with Crippen molar-refractivity contribution in [1.82, 2.24) is 15.0 Å². The molecule has 0 unspecified atom stereocenters. The lowest BCUT2D eigenvalue weighted by Gasteiger charge is -2.12. The number of hydrogen-bond acceptors (Lipinski definition) is 4. The van der Waals surface area contributed by atoms with Gasteiger partial charge in [0.25, 0.3) is 0 Å². The van der Waals surface area contributed by atoms with Gasteiger partial charge in [0.05, 0.1) is 0 Å². The molecular weight excluding hydrogens is 687 g/mol. The fourth-order valence-corrected chi connectivity index (χ4v) is 9.99. The summed E-state index contributed by atoms with van der Waals surface area (Å²) in [5.74, 6) is 1.97. The molecule has 2 aromatic heterocycles. The minimum atomic E-state index is 0.649. The van der Waals surface area contributed by atoms with E-state index < -0.39 is 0 Å². The Bertz CT molecular complexity index is 3270. The van der Waals surface area contributed by atoms with E-state index in [0.29, 0.717) is 17.5 Å². The normalized spacial score (nSPS) is 12.0. The molecule has 0 N–H and O–H groups in total. The first kappa shape index (κ1) is 30.5. The van der Waals surface area contributed by atoms with Crippen molar-refractivity contribution in [2.24, 2.45) is 0 Å². The smallest absolute Gasteiger partial charge is 0.164 e. The Morgan fingerprint density at radius 1 is 0.291 bits per heavy atom. The molecule has 0 spiro atoms. The summed E-state index contributed by atoms with van der Waals surface area (Å²) in [5, 5.41) is 9.87. The Morgan fingerprint density at radius 2 is 0.782 bits per heavy atom. The Balaban J connectivity index is 1.03. The lowest BCUT2D eigenvalue weighted by Crippen LogP contribution is -2.01. The van der Waals surface area contributed by atoms with Gasteiger partial charge in [0.2, 0.25) is 0 Å². The fourth-order valence-electron chi connectivity index (χ4n) is 8.81. The zero-order chi connectivity index (χ0) is 36.0. The van der Waals surface area contributed by atoms with Gasteiger partial charge in [0.15, 0.2) is 17.5 Å². The van der Waals surface area contributed by atoms with Crippen LogP contribution in [-0.2, 0) is 0 Å². The van der Waals surface area contributed by atoms with Crippen molar-refractivity contribution >= 4 is 63.8 Å². The van der Waals surface area contributed by atoms with Gasteiger partial charge < -0.3 is 0 Å². The van der Waals surface area contributed by atoms with E-state index in [1.807, 2.05) is 11.3 Å². The number of hydrogen-bond donors (Lipinski definition) is 0. The number of aromatic nitrogens is 3. The second-order valence-corrected chi connectivity index (χ2v) is 15.4. The second-order valence-electron chi connectivity index (χ2n) is 14.3. The van der Waals surface area contributed by atoms with E-state index in [1.54, 1.807) is 0 Å². The average molecular weight is 716 g/mol. The summed E-state index contributed by atoms with van der Waals surface area (Å²) in [6, 6.07) is 63.0. The van der Waals surface area contributed by atoms with E-state index in [2.05, 4.69) is 176 Å². The molecule has 9 aromatic carbocycles. The molecule has 0 atom stereocenters. The number of rotatable bonds is 4. The van der Waals surface area contributed by atoms with Gasteiger partial charge in [-0.25, -0.2) is 15.0 Å². The van der Waals surface area contributed by atoms with Crippen molar-refractivity contribution in [3.8, 4) is 67.5 Å². The molecule has 1 aliphatic rings. The van der Waals surface area contributed by atoms with Gasteiger partial charge in [-0.3, -0.25) is 0 Å². The van der Waals surface area contributed by atoms with Crippen molar-refractivity contribution in [3.63, 3.8) is 0 Å². The molecule has 0 radical (unpaired) electrons. The summed E-state index contributed by atoms with van der Waals surface area (Å²) in [6.45, 7) is 0. The van der Waals surface area contributed by atoms with Crippen molar-refractivity contribution in [1.29, 1.82) is 0 Å². The molecule has 0 aliphatic heterocycles. The van der Waals surface area contributed by atoms with Crippen LogP contribution in [0.15, 0.2) is 176 Å². The van der Waals surface area contributed by atoms with Gasteiger partial charge in [0, 0.05) is 36.9 Å². The molecule has 55 heavy (non-hydrogen) atoms. The molecule has 0 fully saturated rings. The monoisotopic (exact) mass is 715 g/mol. The summed E-state index contributed by atoms with van der Waals surface area (Å²) in [5.41, 5.74) is 10.6. The standard InChI is InChI=1S/C51H29N3S/c1-3-15-34-30(11-1)13-7-21-40(34)50-52-49(53-51(54-50)41-22-8-14-31-12-2-4-16-35(31)41)33-27-25-32(26-28-33)36-19-10-24-44-47(36)48-42-23-9-20-39-37-17-5-6-18-38(37)43(46(39)42)29-45(48)55-44/h1-29H. The Labute approximate surface area is 320 Å². The summed E-state index contributed by atoms with van der Waals surface area (Å²) in [6.07, 6.45) is 0. The Kier molecular flexibility index (Phi) is 6.50. The Hall–Kier alpha value is -7.01. The molecule has 11 aromatic rings. The van der Waals surface area contributed by atoms with Crippen molar-refractivity contribution in [2.45, 2.75) is 0 Å². The van der Waals surface area contributed by atoms with Crippen molar-refractivity contribution in [2.75, 3.05) is 0 Å². The van der Waals surface area contributed by atoms with Crippen LogP contribution in [0.25, 0.3) is 120 Å². The predicted molar refractivity (Wildman–Crippen MR) is 231 cm³/mol. The summed E-state index contributed by atoms with van der Waals surface area (Å²) in [7, 11) is 0.